The number of rotatable bonds is 5. The summed E-state index contributed by atoms with van der Waals surface area (Å²) in [4.78, 5) is 2.18. The molecule has 0 saturated heterocycles. The Morgan fingerprint density at radius 3 is 2.50 bits per heavy atom. The highest BCUT2D eigenvalue weighted by Gasteiger charge is 2.32. The molecule has 1 fully saturated rings. The van der Waals surface area contributed by atoms with Crippen molar-refractivity contribution in [2.24, 2.45) is 11.7 Å². The van der Waals surface area contributed by atoms with E-state index in [4.69, 9.17) is 5.73 Å². The Balaban J connectivity index is 2.30. The average Bonchev–Trinajstić information content (AvgIpc) is 2.70. The molecule has 0 aromatic heterocycles. The lowest BCUT2D eigenvalue weighted by atomic mass is 10.1. The third-order valence-electron chi connectivity index (χ3n) is 2.53. The predicted octanol–water partition coefficient (Wildman–Crippen LogP) is 0.0363. The van der Waals surface area contributed by atoms with Crippen LogP contribution >= 0.6 is 0 Å². The summed E-state index contributed by atoms with van der Waals surface area (Å²) in [6.07, 6.45) is 2.38. The molecule has 1 aliphatic carbocycles. The van der Waals surface area contributed by atoms with Gasteiger partial charge in [0.05, 0.1) is 6.10 Å². The Morgan fingerprint density at radius 1 is 1.58 bits per heavy atom. The maximum absolute atomic E-state index is 9.19. The van der Waals surface area contributed by atoms with Crippen LogP contribution in [-0.4, -0.2) is 42.3 Å². The van der Waals surface area contributed by atoms with Gasteiger partial charge in [0.1, 0.15) is 0 Å². The van der Waals surface area contributed by atoms with Crippen LogP contribution in [0, 0.1) is 5.92 Å². The van der Waals surface area contributed by atoms with E-state index in [2.05, 4.69) is 4.90 Å². The van der Waals surface area contributed by atoms with E-state index in [-0.39, 0.29) is 6.10 Å². The van der Waals surface area contributed by atoms with Crippen molar-refractivity contribution in [2.45, 2.75) is 31.9 Å². The van der Waals surface area contributed by atoms with Crippen LogP contribution in [0.5, 0.6) is 0 Å². The second kappa shape index (κ2) is 4.21. The molecule has 0 aromatic carbocycles. The highest BCUT2D eigenvalue weighted by atomic mass is 16.3. The lowest BCUT2D eigenvalue weighted by Gasteiger charge is -2.27. The second-order valence-corrected chi connectivity index (χ2v) is 3.93. The summed E-state index contributed by atoms with van der Waals surface area (Å²) in [5.74, 6) is 0.791. The number of nitrogens with two attached hydrogens (primary N) is 1. The molecule has 0 amide bonds. The van der Waals surface area contributed by atoms with Crippen molar-refractivity contribution in [1.82, 2.24) is 4.90 Å². The van der Waals surface area contributed by atoms with Crippen LogP contribution in [0.2, 0.25) is 0 Å². The molecule has 12 heavy (non-hydrogen) atoms. The minimum absolute atomic E-state index is 0.247. The molecule has 0 aliphatic heterocycles. The van der Waals surface area contributed by atoms with Crippen LogP contribution in [0.1, 0.15) is 19.8 Å². The van der Waals surface area contributed by atoms with Gasteiger partial charge in [0.15, 0.2) is 0 Å². The minimum Gasteiger partial charge on any atom is -0.392 e. The third kappa shape index (κ3) is 2.73. The van der Waals surface area contributed by atoms with Crippen LogP contribution < -0.4 is 5.73 Å². The summed E-state index contributed by atoms with van der Waals surface area (Å²) < 4.78 is 0. The van der Waals surface area contributed by atoms with Gasteiger partial charge in [-0.3, -0.25) is 4.90 Å². The molecule has 0 radical (unpaired) electrons. The maximum atomic E-state index is 9.19. The quantitative estimate of drug-likeness (QED) is 0.615. The molecule has 1 saturated carbocycles. The van der Waals surface area contributed by atoms with E-state index in [9.17, 15) is 5.11 Å². The van der Waals surface area contributed by atoms with Crippen molar-refractivity contribution >= 4 is 0 Å². The number of hydrogen-bond acceptors (Lipinski definition) is 3. The van der Waals surface area contributed by atoms with Crippen LogP contribution in [0.25, 0.3) is 0 Å². The van der Waals surface area contributed by atoms with Crippen molar-refractivity contribution in [1.29, 1.82) is 0 Å². The van der Waals surface area contributed by atoms with Crippen LogP contribution in [0.3, 0.4) is 0 Å². The van der Waals surface area contributed by atoms with Crippen molar-refractivity contribution in [2.75, 3.05) is 20.1 Å². The van der Waals surface area contributed by atoms with E-state index >= 15 is 0 Å². The predicted molar refractivity (Wildman–Crippen MR) is 49.9 cm³/mol. The van der Waals surface area contributed by atoms with E-state index < -0.39 is 0 Å². The van der Waals surface area contributed by atoms with E-state index in [1.165, 1.54) is 12.8 Å². The summed E-state index contributed by atoms with van der Waals surface area (Å²) in [7, 11) is 2.04. The first kappa shape index (κ1) is 9.96. The second-order valence-electron chi connectivity index (χ2n) is 3.93. The molecule has 1 aliphatic rings. The lowest BCUT2D eigenvalue weighted by molar-refractivity contribution is 0.112. The minimum atomic E-state index is -0.247. The largest absolute Gasteiger partial charge is 0.392 e. The summed E-state index contributed by atoms with van der Waals surface area (Å²) in [5, 5.41) is 9.19. The van der Waals surface area contributed by atoms with Gasteiger partial charge in [0.2, 0.25) is 0 Å². The number of aliphatic hydroxyl groups excluding tert-OH is 1. The Labute approximate surface area is 74.5 Å². The van der Waals surface area contributed by atoms with Gasteiger partial charge in [-0.05, 0) is 32.7 Å². The Morgan fingerprint density at radius 2 is 2.17 bits per heavy atom. The maximum Gasteiger partial charge on any atom is 0.0639 e. The summed E-state index contributed by atoms with van der Waals surface area (Å²) in [5.41, 5.74) is 5.67. The molecule has 72 valence electrons. The monoisotopic (exact) mass is 172 g/mol. The fraction of sp³-hybridized carbons (Fsp3) is 1.00. The first-order valence-electron chi connectivity index (χ1n) is 4.73. The molecule has 3 N–H and O–H groups in total. The van der Waals surface area contributed by atoms with Crippen LogP contribution in [0.4, 0.5) is 0 Å². The fourth-order valence-electron chi connectivity index (χ4n) is 1.77. The molecular weight excluding hydrogens is 152 g/mol. The molecule has 0 bridgehead atoms. The molecule has 3 heteroatoms. The molecular formula is C9H20N2O. The number of aliphatic hydroxyl groups is 1. The van der Waals surface area contributed by atoms with E-state index in [1.54, 1.807) is 0 Å². The molecule has 0 spiro atoms. The zero-order valence-corrected chi connectivity index (χ0v) is 8.03. The van der Waals surface area contributed by atoms with Crippen LogP contribution in [0.15, 0.2) is 0 Å². The first-order chi connectivity index (χ1) is 5.65. The smallest absolute Gasteiger partial charge is 0.0639 e. The van der Waals surface area contributed by atoms with Crippen molar-refractivity contribution in [3.63, 3.8) is 0 Å². The van der Waals surface area contributed by atoms with E-state index in [1.807, 2.05) is 14.0 Å². The zero-order valence-electron chi connectivity index (χ0n) is 8.03. The SMILES string of the molecule is C[C@H](O)CN(C)C(CN)C1CC1. The highest BCUT2D eigenvalue weighted by molar-refractivity contribution is 4.88. The van der Waals surface area contributed by atoms with Gasteiger partial charge in [-0.2, -0.15) is 0 Å². The molecule has 0 heterocycles. The molecule has 1 unspecified atom stereocenters. The summed E-state index contributed by atoms with van der Waals surface area (Å²) in [6.45, 7) is 3.27. The van der Waals surface area contributed by atoms with Gasteiger partial charge < -0.3 is 10.8 Å². The Bertz CT molecular complexity index is 134. The molecule has 2 atom stereocenters. The third-order valence-corrected chi connectivity index (χ3v) is 2.53. The van der Waals surface area contributed by atoms with E-state index in [0.29, 0.717) is 12.6 Å². The Kier molecular flexibility index (Phi) is 3.50. The highest BCUT2D eigenvalue weighted by Crippen LogP contribution is 2.34. The lowest BCUT2D eigenvalue weighted by Crippen LogP contribution is -2.42. The van der Waals surface area contributed by atoms with Gasteiger partial charge in [0, 0.05) is 19.1 Å². The van der Waals surface area contributed by atoms with Crippen LogP contribution in [-0.2, 0) is 0 Å². The number of likely N-dealkylation sites (N-methyl/N-ethyl adjacent to an activating group) is 1. The van der Waals surface area contributed by atoms with Gasteiger partial charge in [-0.1, -0.05) is 0 Å². The van der Waals surface area contributed by atoms with Gasteiger partial charge in [-0.25, -0.2) is 0 Å². The summed E-state index contributed by atoms with van der Waals surface area (Å²) in [6, 6.07) is 0.486. The standard InChI is InChI=1S/C9H20N2O/c1-7(12)6-11(2)9(5-10)8-3-4-8/h7-9,12H,3-6,10H2,1-2H3/t7-,9?/m0/s1. The zero-order chi connectivity index (χ0) is 9.14. The Hall–Kier alpha value is -0.120. The van der Waals surface area contributed by atoms with Crippen molar-refractivity contribution < 1.29 is 5.11 Å². The number of hydrogen-bond donors (Lipinski definition) is 2. The average molecular weight is 172 g/mol. The fourth-order valence-corrected chi connectivity index (χ4v) is 1.77. The van der Waals surface area contributed by atoms with Gasteiger partial charge in [0.25, 0.3) is 0 Å². The normalized spacial score (nSPS) is 22.8. The van der Waals surface area contributed by atoms with Gasteiger partial charge >= 0.3 is 0 Å². The molecule has 0 aromatic rings. The summed E-state index contributed by atoms with van der Waals surface area (Å²) >= 11 is 0. The topological polar surface area (TPSA) is 49.5 Å². The molecule has 3 nitrogen and oxygen atoms in total. The van der Waals surface area contributed by atoms with Crippen molar-refractivity contribution in [3.05, 3.63) is 0 Å². The first-order valence-corrected chi connectivity index (χ1v) is 4.73. The van der Waals surface area contributed by atoms with Gasteiger partial charge in [-0.15, -0.1) is 0 Å². The van der Waals surface area contributed by atoms with Crippen molar-refractivity contribution in [3.8, 4) is 0 Å². The number of nitrogens with zero attached hydrogens (tertiary/aromatic N) is 1. The molecule has 1 rings (SSSR count). The van der Waals surface area contributed by atoms with E-state index in [0.717, 1.165) is 12.5 Å².